The Labute approximate surface area is 200 Å². The second kappa shape index (κ2) is 9.58. The molecule has 2 aromatic heterocycles. The summed E-state index contributed by atoms with van der Waals surface area (Å²) in [6.07, 6.45) is -4.53. The maximum absolute atomic E-state index is 13.0. The van der Waals surface area contributed by atoms with Gasteiger partial charge < -0.3 is 4.42 Å². The van der Waals surface area contributed by atoms with Crippen LogP contribution in [-0.4, -0.2) is 16.1 Å². The normalized spacial score (nSPS) is 11.5. The highest BCUT2D eigenvalue weighted by Crippen LogP contribution is 2.36. The summed E-state index contributed by atoms with van der Waals surface area (Å²) in [5, 5.41) is 10.9. The van der Waals surface area contributed by atoms with E-state index in [9.17, 15) is 18.0 Å². The number of anilines is 1. The fourth-order valence-corrected chi connectivity index (χ4v) is 4.72. The predicted molar refractivity (Wildman–Crippen MR) is 123 cm³/mol. The molecule has 0 aliphatic rings. The van der Waals surface area contributed by atoms with Crippen LogP contribution in [0.25, 0.3) is 11.3 Å². The lowest BCUT2D eigenvalue weighted by Gasteiger charge is -2.09. The van der Waals surface area contributed by atoms with Crippen LogP contribution in [0.15, 0.2) is 63.4 Å². The molecule has 11 heteroatoms. The molecular weight excluding hydrogens is 495 g/mol. The Morgan fingerprint density at radius 3 is 2.61 bits per heavy atom. The Bertz CT molecular complexity index is 1290. The number of furan rings is 1. The van der Waals surface area contributed by atoms with Crippen molar-refractivity contribution < 1.29 is 22.4 Å². The quantitative estimate of drug-likeness (QED) is 0.218. The zero-order valence-electron chi connectivity index (χ0n) is 16.9. The summed E-state index contributed by atoms with van der Waals surface area (Å²) in [6, 6.07) is 13.8. The van der Waals surface area contributed by atoms with Crippen molar-refractivity contribution in [3.63, 3.8) is 0 Å². The number of carbonyl (C=O) groups excluding carboxylic acids is 1. The third-order valence-electron chi connectivity index (χ3n) is 4.50. The van der Waals surface area contributed by atoms with Gasteiger partial charge in [-0.15, -0.1) is 10.2 Å². The number of aryl methyl sites for hydroxylation is 1. The van der Waals surface area contributed by atoms with E-state index in [4.69, 9.17) is 16.0 Å². The summed E-state index contributed by atoms with van der Waals surface area (Å²) >= 11 is 8.74. The lowest BCUT2D eigenvalue weighted by atomic mass is 10.1. The molecule has 2 aromatic carbocycles. The van der Waals surface area contributed by atoms with E-state index in [1.165, 1.54) is 40.8 Å². The van der Waals surface area contributed by atoms with E-state index in [1.54, 1.807) is 0 Å². The van der Waals surface area contributed by atoms with Gasteiger partial charge in [-0.25, -0.2) is 0 Å². The number of carbonyl (C=O) groups is 1. The van der Waals surface area contributed by atoms with E-state index < -0.39 is 17.6 Å². The molecule has 5 nitrogen and oxygen atoms in total. The van der Waals surface area contributed by atoms with E-state index >= 15 is 0 Å². The molecule has 0 bridgehead atoms. The maximum atomic E-state index is 13.0. The molecule has 1 N–H and O–H groups in total. The van der Waals surface area contributed by atoms with Gasteiger partial charge in [-0.05, 0) is 42.8 Å². The first-order valence-electron chi connectivity index (χ1n) is 9.49. The number of nitrogens with zero attached hydrogens (tertiary/aromatic N) is 2. The Morgan fingerprint density at radius 1 is 1.12 bits per heavy atom. The third kappa shape index (κ3) is 5.76. The molecular formula is C22H15ClF3N3O2S2. The number of thioether (sulfide) groups is 1. The number of aromatic nitrogens is 2. The number of hydrogen-bond donors (Lipinski definition) is 1. The van der Waals surface area contributed by atoms with Crippen LogP contribution in [0, 0.1) is 6.92 Å². The molecule has 0 spiro atoms. The monoisotopic (exact) mass is 509 g/mol. The molecule has 0 saturated carbocycles. The van der Waals surface area contributed by atoms with Crippen molar-refractivity contribution in [1.82, 2.24) is 10.2 Å². The van der Waals surface area contributed by atoms with Crippen LogP contribution >= 0.6 is 34.7 Å². The molecule has 0 aliphatic carbocycles. The van der Waals surface area contributed by atoms with E-state index in [2.05, 4.69) is 15.5 Å². The molecule has 4 aromatic rings. The van der Waals surface area contributed by atoms with Gasteiger partial charge in [0.05, 0.1) is 10.6 Å². The molecule has 0 saturated heterocycles. The largest absolute Gasteiger partial charge is 0.451 e. The minimum atomic E-state index is -4.53. The highest BCUT2D eigenvalue weighted by atomic mass is 35.5. The van der Waals surface area contributed by atoms with Crippen molar-refractivity contribution in [2.45, 2.75) is 23.2 Å². The summed E-state index contributed by atoms with van der Waals surface area (Å²) in [6.45, 7) is 2.02. The number of rotatable bonds is 6. The van der Waals surface area contributed by atoms with Gasteiger partial charge in [-0.1, -0.05) is 64.5 Å². The molecule has 0 radical (unpaired) electrons. The van der Waals surface area contributed by atoms with Crippen molar-refractivity contribution in [2.75, 3.05) is 5.32 Å². The summed E-state index contributed by atoms with van der Waals surface area (Å²) in [4.78, 5) is 12.5. The van der Waals surface area contributed by atoms with Crippen LogP contribution < -0.4 is 5.32 Å². The highest BCUT2D eigenvalue weighted by molar-refractivity contribution is 8.00. The molecule has 1 amide bonds. The Balaban J connectivity index is 1.42. The number of hydrogen-bond acceptors (Lipinski definition) is 6. The van der Waals surface area contributed by atoms with Gasteiger partial charge in [0, 0.05) is 11.3 Å². The average molecular weight is 510 g/mol. The first kappa shape index (κ1) is 23.3. The van der Waals surface area contributed by atoms with Crippen LogP contribution in [0.4, 0.5) is 18.3 Å². The molecule has 2 heterocycles. The van der Waals surface area contributed by atoms with Gasteiger partial charge in [-0.3, -0.25) is 10.1 Å². The van der Waals surface area contributed by atoms with Crippen LogP contribution in [0.3, 0.4) is 0 Å². The highest BCUT2D eigenvalue weighted by Gasteiger charge is 2.31. The minimum absolute atomic E-state index is 0.0382. The van der Waals surface area contributed by atoms with E-state index in [-0.39, 0.29) is 27.2 Å². The Kier molecular flexibility index (Phi) is 6.78. The van der Waals surface area contributed by atoms with E-state index in [0.717, 1.165) is 23.8 Å². The van der Waals surface area contributed by atoms with Crippen LogP contribution in [0.5, 0.6) is 0 Å². The number of halogens is 4. The summed E-state index contributed by atoms with van der Waals surface area (Å²) in [7, 11) is 0. The van der Waals surface area contributed by atoms with Gasteiger partial charge in [0.15, 0.2) is 10.1 Å². The van der Waals surface area contributed by atoms with Gasteiger partial charge in [-0.2, -0.15) is 13.2 Å². The molecule has 170 valence electrons. The smallest absolute Gasteiger partial charge is 0.416 e. The zero-order chi connectivity index (χ0) is 23.6. The van der Waals surface area contributed by atoms with Crippen molar-refractivity contribution >= 4 is 45.7 Å². The Hall–Kier alpha value is -2.82. The first-order valence-corrected chi connectivity index (χ1v) is 11.7. The maximum Gasteiger partial charge on any atom is 0.416 e. The first-order chi connectivity index (χ1) is 15.7. The average Bonchev–Trinajstić information content (AvgIpc) is 3.43. The second-order valence-corrected chi connectivity index (χ2v) is 9.56. The summed E-state index contributed by atoms with van der Waals surface area (Å²) < 4.78 is 45.2. The molecule has 0 fully saturated rings. The number of amides is 1. The van der Waals surface area contributed by atoms with Crippen molar-refractivity contribution in [3.8, 4) is 11.3 Å². The van der Waals surface area contributed by atoms with Crippen LogP contribution in [0.2, 0.25) is 5.02 Å². The van der Waals surface area contributed by atoms with Gasteiger partial charge >= 0.3 is 6.18 Å². The topological polar surface area (TPSA) is 68.0 Å². The SMILES string of the molecule is Cc1ccc(CSc2nnc(NC(=O)c3ccc(-c4cc(C(F)(F)F)ccc4Cl)o3)s2)cc1. The van der Waals surface area contributed by atoms with Crippen molar-refractivity contribution in [1.29, 1.82) is 0 Å². The second-order valence-electron chi connectivity index (χ2n) is 6.96. The predicted octanol–water partition coefficient (Wildman–Crippen LogP) is 7.32. The standard InChI is InChI=1S/C22H15ClF3N3O2S2/c1-12-2-4-13(5-3-12)11-32-21-29-28-20(33-21)27-19(30)18-9-8-17(31-18)15-10-14(22(24,25)26)6-7-16(15)23/h2-10H,11H2,1H3,(H,27,28,30). The number of nitrogens with one attached hydrogen (secondary N) is 1. The number of alkyl halides is 3. The van der Waals surface area contributed by atoms with Gasteiger partial charge in [0.2, 0.25) is 5.13 Å². The van der Waals surface area contributed by atoms with Crippen LogP contribution in [0.1, 0.15) is 27.2 Å². The van der Waals surface area contributed by atoms with Crippen molar-refractivity contribution in [2.24, 2.45) is 0 Å². The molecule has 0 unspecified atom stereocenters. The lowest BCUT2D eigenvalue weighted by Crippen LogP contribution is -2.10. The fourth-order valence-electron chi connectivity index (χ4n) is 2.80. The number of benzene rings is 2. The molecule has 4 rings (SSSR count). The zero-order valence-corrected chi connectivity index (χ0v) is 19.3. The molecule has 33 heavy (non-hydrogen) atoms. The molecule has 0 atom stereocenters. The third-order valence-corrected chi connectivity index (χ3v) is 6.87. The summed E-state index contributed by atoms with van der Waals surface area (Å²) in [5.41, 5.74) is 1.49. The Morgan fingerprint density at radius 2 is 1.88 bits per heavy atom. The van der Waals surface area contributed by atoms with Gasteiger partial charge in [0.25, 0.3) is 5.91 Å². The minimum Gasteiger partial charge on any atom is -0.451 e. The fraction of sp³-hybridized carbons (Fsp3) is 0.136. The molecule has 0 aliphatic heterocycles. The van der Waals surface area contributed by atoms with E-state index in [1.807, 2.05) is 31.2 Å². The van der Waals surface area contributed by atoms with Crippen molar-refractivity contribution in [3.05, 3.63) is 82.1 Å². The van der Waals surface area contributed by atoms with Gasteiger partial charge in [0.1, 0.15) is 5.76 Å². The van der Waals surface area contributed by atoms with Crippen LogP contribution in [-0.2, 0) is 11.9 Å². The summed E-state index contributed by atoms with van der Waals surface area (Å²) in [5.74, 6) is 0.0586. The van der Waals surface area contributed by atoms with E-state index in [0.29, 0.717) is 10.1 Å². The lowest BCUT2D eigenvalue weighted by molar-refractivity contribution is -0.137.